The number of ether oxygens (including phenoxy) is 2. The smallest absolute Gasteiger partial charge is 0.257 e. The third-order valence-corrected chi connectivity index (χ3v) is 4.31. The molecule has 0 radical (unpaired) electrons. The minimum Gasteiger partial charge on any atom is -0.493 e. The average molecular weight is 305 g/mol. The van der Waals surface area contributed by atoms with Crippen molar-refractivity contribution in [2.75, 3.05) is 19.0 Å². The summed E-state index contributed by atoms with van der Waals surface area (Å²) in [6.07, 6.45) is 0.704. The molecule has 0 saturated carbocycles. The second-order valence-electron chi connectivity index (χ2n) is 4.70. The molecule has 7 heteroatoms. The van der Waals surface area contributed by atoms with Crippen molar-refractivity contribution in [3.63, 3.8) is 0 Å². The Hall–Kier alpha value is -1.99. The number of anilines is 1. The number of nitrogens with one attached hydrogen (secondary N) is 1. The van der Waals surface area contributed by atoms with Gasteiger partial charge in [-0.1, -0.05) is 11.3 Å². The normalized spacial score (nSPS) is 14.4. The van der Waals surface area contributed by atoms with Gasteiger partial charge >= 0.3 is 0 Å². The van der Waals surface area contributed by atoms with Gasteiger partial charge in [-0.25, -0.2) is 0 Å². The van der Waals surface area contributed by atoms with Crippen molar-refractivity contribution in [2.45, 2.75) is 19.4 Å². The zero-order valence-electron chi connectivity index (χ0n) is 11.8. The molecule has 0 fully saturated rings. The van der Waals surface area contributed by atoms with Gasteiger partial charge in [-0.15, -0.1) is 10.2 Å². The first-order valence-electron chi connectivity index (χ1n) is 6.60. The molecule has 0 spiro atoms. The molecule has 1 aliphatic rings. The Balaban J connectivity index is 1.73. The van der Waals surface area contributed by atoms with Crippen LogP contribution in [0, 0.1) is 0 Å². The lowest BCUT2D eigenvalue weighted by Gasteiger charge is -2.04. The summed E-state index contributed by atoms with van der Waals surface area (Å²) in [4.78, 5) is 12.2. The summed E-state index contributed by atoms with van der Waals surface area (Å²) < 4.78 is 10.6. The highest BCUT2D eigenvalue weighted by Crippen LogP contribution is 2.27. The summed E-state index contributed by atoms with van der Waals surface area (Å²) in [5, 5.41) is 11.9. The van der Waals surface area contributed by atoms with Gasteiger partial charge in [0.1, 0.15) is 16.9 Å². The van der Waals surface area contributed by atoms with Crippen LogP contribution in [0.25, 0.3) is 0 Å². The Kier molecular flexibility index (Phi) is 3.85. The monoisotopic (exact) mass is 305 g/mol. The molecule has 3 rings (SSSR count). The van der Waals surface area contributed by atoms with E-state index in [-0.39, 0.29) is 12.0 Å². The predicted octanol–water partition coefficient (Wildman–Crippen LogP) is 2.43. The molecule has 1 amide bonds. The van der Waals surface area contributed by atoms with Crippen LogP contribution < -0.4 is 10.1 Å². The fraction of sp³-hybridized carbons (Fsp3) is 0.357. The van der Waals surface area contributed by atoms with Gasteiger partial charge in [0.25, 0.3) is 5.91 Å². The lowest BCUT2D eigenvalue weighted by Crippen LogP contribution is -2.11. The van der Waals surface area contributed by atoms with E-state index in [4.69, 9.17) is 9.47 Å². The van der Waals surface area contributed by atoms with E-state index in [0.717, 1.165) is 22.7 Å². The molecule has 1 aromatic heterocycles. The molecular weight excluding hydrogens is 290 g/mol. The first-order chi connectivity index (χ1) is 10.2. The summed E-state index contributed by atoms with van der Waals surface area (Å²) in [5.41, 5.74) is 1.66. The van der Waals surface area contributed by atoms with Crippen molar-refractivity contribution in [1.29, 1.82) is 0 Å². The molecule has 6 nitrogen and oxygen atoms in total. The van der Waals surface area contributed by atoms with E-state index < -0.39 is 0 Å². The summed E-state index contributed by atoms with van der Waals surface area (Å²) in [6.45, 7) is 2.56. The highest BCUT2D eigenvalue weighted by atomic mass is 32.1. The first kappa shape index (κ1) is 14.0. The van der Waals surface area contributed by atoms with Crippen molar-refractivity contribution in [3.8, 4) is 5.75 Å². The standard InChI is InChI=1S/C14H15N3O3S/c1-8(19-2)13-16-17-14(21-13)15-12(18)10-3-4-11-9(7-10)5-6-20-11/h3-4,7-8H,5-6H2,1-2H3,(H,15,17,18). The number of fused-ring (bicyclic) bond motifs is 1. The molecule has 1 unspecified atom stereocenters. The van der Waals surface area contributed by atoms with Crippen LogP contribution in [0.5, 0.6) is 5.75 Å². The number of nitrogens with zero attached hydrogens (tertiary/aromatic N) is 2. The number of hydrogen-bond acceptors (Lipinski definition) is 6. The van der Waals surface area contributed by atoms with E-state index in [0.29, 0.717) is 17.3 Å². The zero-order chi connectivity index (χ0) is 14.8. The molecule has 1 aromatic carbocycles. The predicted molar refractivity (Wildman–Crippen MR) is 78.9 cm³/mol. The van der Waals surface area contributed by atoms with Crippen LogP contribution in [0.2, 0.25) is 0 Å². The molecule has 2 heterocycles. The van der Waals surface area contributed by atoms with Gasteiger partial charge in [-0.05, 0) is 30.7 Å². The van der Waals surface area contributed by atoms with Crippen molar-refractivity contribution in [1.82, 2.24) is 10.2 Å². The quantitative estimate of drug-likeness (QED) is 0.939. The van der Waals surface area contributed by atoms with Crippen molar-refractivity contribution in [2.24, 2.45) is 0 Å². The minimum atomic E-state index is -0.197. The molecule has 1 N–H and O–H groups in total. The Bertz CT molecular complexity index is 671. The van der Waals surface area contributed by atoms with E-state index in [1.807, 2.05) is 19.1 Å². The molecule has 0 aliphatic carbocycles. The molecule has 1 aliphatic heterocycles. The maximum Gasteiger partial charge on any atom is 0.257 e. The molecule has 0 bridgehead atoms. The Morgan fingerprint density at radius 1 is 1.48 bits per heavy atom. The summed E-state index contributed by atoms with van der Waals surface area (Å²) in [6, 6.07) is 5.44. The maximum atomic E-state index is 12.2. The summed E-state index contributed by atoms with van der Waals surface area (Å²) in [7, 11) is 1.61. The number of amides is 1. The first-order valence-corrected chi connectivity index (χ1v) is 7.42. The molecule has 1 atom stereocenters. The van der Waals surface area contributed by atoms with Crippen LogP contribution in [-0.4, -0.2) is 29.8 Å². The van der Waals surface area contributed by atoms with Crippen molar-refractivity contribution in [3.05, 3.63) is 34.3 Å². The third-order valence-electron chi connectivity index (χ3n) is 3.31. The third kappa shape index (κ3) is 2.88. The van der Waals surface area contributed by atoms with Gasteiger partial charge in [-0.3, -0.25) is 10.1 Å². The number of hydrogen-bond donors (Lipinski definition) is 1. The van der Waals surface area contributed by atoms with Crippen LogP contribution in [0.1, 0.15) is 34.0 Å². The van der Waals surface area contributed by atoms with Gasteiger partial charge in [0.15, 0.2) is 0 Å². The largest absolute Gasteiger partial charge is 0.493 e. The van der Waals surface area contributed by atoms with Gasteiger partial charge in [0, 0.05) is 19.1 Å². The summed E-state index contributed by atoms with van der Waals surface area (Å²) >= 11 is 1.31. The van der Waals surface area contributed by atoms with Gasteiger partial charge in [0.2, 0.25) is 5.13 Å². The van der Waals surface area contributed by atoms with Crippen molar-refractivity contribution < 1.29 is 14.3 Å². The maximum absolute atomic E-state index is 12.2. The lowest BCUT2D eigenvalue weighted by atomic mass is 10.1. The van der Waals surface area contributed by atoms with Crippen LogP contribution in [0.4, 0.5) is 5.13 Å². The fourth-order valence-electron chi connectivity index (χ4n) is 2.05. The van der Waals surface area contributed by atoms with Gasteiger partial charge in [-0.2, -0.15) is 0 Å². The topological polar surface area (TPSA) is 73.3 Å². The Morgan fingerprint density at radius 3 is 3.14 bits per heavy atom. The SMILES string of the molecule is COC(C)c1nnc(NC(=O)c2ccc3c(c2)CCO3)s1. The molecule has 0 saturated heterocycles. The highest BCUT2D eigenvalue weighted by Gasteiger charge is 2.17. The van der Waals surface area contributed by atoms with E-state index in [9.17, 15) is 4.79 Å². The van der Waals surface area contributed by atoms with E-state index in [1.165, 1.54) is 11.3 Å². The Morgan fingerprint density at radius 2 is 2.33 bits per heavy atom. The minimum absolute atomic E-state index is 0.134. The second-order valence-corrected chi connectivity index (χ2v) is 5.71. The average Bonchev–Trinajstić information content (AvgIpc) is 3.14. The molecule has 21 heavy (non-hydrogen) atoms. The van der Waals surface area contributed by atoms with Crippen LogP contribution in [0.15, 0.2) is 18.2 Å². The Labute approximate surface area is 126 Å². The number of benzene rings is 1. The summed E-state index contributed by atoms with van der Waals surface area (Å²) in [5.74, 6) is 0.663. The van der Waals surface area contributed by atoms with E-state index in [1.54, 1.807) is 13.2 Å². The van der Waals surface area contributed by atoms with Gasteiger partial charge in [0.05, 0.1) is 6.61 Å². The van der Waals surface area contributed by atoms with Crippen LogP contribution >= 0.6 is 11.3 Å². The highest BCUT2D eigenvalue weighted by molar-refractivity contribution is 7.15. The molecule has 2 aromatic rings. The van der Waals surface area contributed by atoms with E-state index in [2.05, 4.69) is 15.5 Å². The number of carbonyl (C=O) groups excluding carboxylic acids is 1. The number of methoxy groups -OCH3 is 1. The van der Waals surface area contributed by atoms with Crippen molar-refractivity contribution >= 4 is 22.4 Å². The van der Waals surface area contributed by atoms with Crippen LogP contribution in [0.3, 0.4) is 0 Å². The fourth-order valence-corrected chi connectivity index (χ4v) is 2.81. The zero-order valence-corrected chi connectivity index (χ0v) is 12.6. The number of carbonyl (C=O) groups is 1. The van der Waals surface area contributed by atoms with Crippen LogP contribution in [-0.2, 0) is 11.2 Å². The molecular formula is C14H15N3O3S. The lowest BCUT2D eigenvalue weighted by molar-refractivity contribution is 0.102. The second kappa shape index (κ2) is 5.79. The number of rotatable bonds is 4. The number of aromatic nitrogens is 2. The van der Waals surface area contributed by atoms with Gasteiger partial charge < -0.3 is 9.47 Å². The van der Waals surface area contributed by atoms with E-state index >= 15 is 0 Å². The molecule has 110 valence electrons.